The molecule has 0 bridgehead atoms. The van der Waals surface area contributed by atoms with Crippen molar-refractivity contribution in [3.8, 4) is 11.6 Å². The first-order chi connectivity index (χ1) is 15.5. The highest BCUT2D eigenvalue weighted by Gasteiger charge is 2.23. The van der Waals surface area contributed by atoms with E-state index in [2.05, 4.69) is 36.2 Å². The summed E-state index contributed by atoms with van der Waals surface area (Å²) in [6.45, 7) is 1.58. The maximum absolute atomic E-state index is 11.7. The molecule has 0 amide bonds. The van der Waals surface area contributed by atoms with Crippen LogP contribution in [0.3, 0.4) is 0 Å². The predicted molar refractivity (Wildman–Crippen MR) is 117 cm³/mol. The summed E-state index contributed by atoms with van der Waals surface area (Å²) in [7, 11) is -3.26. The molecule has 1 aromatic carbocycles. The Labute approximate surface area is 184 Å². The summed E-state index contributed by atoms with van der Waals surface area (Å²) in [5, 5.41) is 13.2. The van der Waals surface area contributed by atoms with Gasteiger partial charge in [-0.25, -0.2) is 23.1 Å². The van der Waals surface area contributed by atoms with Crippen molar-refractivity contribution < 1.29 is 13.2 Å². The molecule has 10 nitrogen and oxygen atoms in total. The molecule has 3 aromatic heterocycles. The topological polar surface area (TPSA) is 116 Å². The number of anilines is 1. The largest absolute Gasteiger partial charge is 0.474 e. The third-order valence-electron chi connectivity index (χ3n) is 5.36. The summed E-state index contributed by atoms with van der Waals surface area (Å²) in [5.41, 5.74) is 1.29. The molecule has 1 saturated heterocycles. The molecule has 0 spiro atoms. The van der Waals surface area contributed by atoms with Crippen LogP contribution in [-0.4, -0.2) is 63.8 Å². The van der Waals surface area contributed by atoms with Crippen LogP contribution in [0.4, 0.5) is 5.82 Å². The van der Waals surface area contributed by atoms with Crippen molar-refractivity contribution in [3.63, 3.8) is 0 Å². The van der Waals surface area contributed by atoms with Crippen LogP contribution in [0.2, 0.25) is 0 Å². The summed E-state index contributed by atoms with van der Waals surface area (Å²) in [4.78, 5) is 11.1. The van der Waals surface area contributed by atoms with Crippen LogP contribution < -0.4 is 9.64 Å². The first-order valence-corrected chi connectivity index (χ1v) is 12.0. The minimum absolute atomic E-state index is 0.0124. The SMILES string of the molecule is CS(=O)(=O)c1ccc(-n2ncc3c(OC4CCN(c5[c]ccnn5)CC4)ncnc32)cc1. The number of rotatable bonds is 5. The molecular weight excluding hydrogens is 430 g/mol. The second-order valence-electron chi connectivity index (χ2n) is 7.54. The molecule has 11 heteroatoms. The van der Waals surface area contributed by atoms with Crippen molar-refractivity contribution >= 4 is 26.7 Å². The summed E-state index contributed by atoms with van der Waals surface area (Å²) in [5.74, 6) is 1.23. The standard InChI is InChI=1S/C21H20N7O3S/c1-32(29,30)17-6-4-15(5-7-17)28-20-18(13-25-28)21(23-14-22-20)31-16-8-11-27(12-9-16)19-3-2-10-24-26-19/h2,4-7,10,13-14,16H,8-9,11-12H2,1H3. The lowest BCUT2D eigenvalue weighted by Crippen LogP contribution is -2.39. The van der Waals surface area contributed by atoms with Gasteiger partial charge in [-0.1, -0.05) is 0 Å². The van der Waals surface area contributed by atoms with Gasteiger partial charge >= 0.3 is 0 Å². The van der Waals surface area contributed by atoms with Crippen LogP contribution in [0.15, 0.2) is 53.9 Å². The van der Waals surface area contributed by atoms with E-state index in [0.29, 0.717) is 22.6 Å². The summed E-state index contributed by atoms with van der Waals surface area (Å²) < 4.78 is 31.3. The van der Waals surface area contributed by atoms with E-state index >= 15 is 0 Å². The highest BCUT2D eigenvalue weighted by atomic mass is 32.2. The molecule has 1 aliphatic rings. The van der Waals surface area contributed by atoms with E-state index in [0.717, 1.165) is 31.7 Å². The fraction of sp³-hybridized carbons (Fsp3) is 0.286. The van der Waals surface area contributed by atoms with Gasteiger partial charge in [-0.2, -0.15) is 10.2 Å². The van der Waals surface area contributed by atoms with Crippen LogP contribution in [0.1, 0.15) is 12.8 Å². The Morgan fingerprint density at radius 3 is 2.59 bits per heavy atom. The smallest absolute Gasteiger partial charge is 0.228 e. The quantitative estimate of drug-likeness (QED) is 0.449. The molecule has 0 N–H and O–H groups in total. The van der Waals surface area contributed by atoms with Crippen LogP contribution in [0, 0.1) is 6.07 Å². The van der Waals surface area contributed by atoms with E-state index < -0.39 is 9.84 Å². The minimum Gasteiger partial charge on any atom is -0.474 e. The van der Waals surface area contributed by atoms with Gasteiger partial charge in [-0.05, 0) is 30.3 Å². The van der Waals surface area contributed by atoms with Crippen LogP contribution in [0.5, 0.6) is 5.88 Å². The molecule has 163 valence electrons. The lowest BCUT2D eigenvalue weighted by Gasteiger charge is -2.32. The first-order valence-electron chi connectivity index (χ1n) is 10.1. The number of hydrogen-bond acceptors (Lipinski definition) is 9. The summed E-state index contributed by atoms with van der Waals surface area (Å²) in [6.07, 6.45) is 7.55. The van der Waals surface area contributed by atoms with Crippen molar-refractivity contribution in [2.75, 3.05) is 24.2 Å². The number of ether oxygens (including phenoxy) is 1. The molecule has 4 aromatic rings. The molecular formula is C21H20N7O3S. The van der Waals surface area contributed by atoms with E-state index in [1.165, 1.54) is 12.6 Å². The van der Waals surface area contributed by atoms with Crippen molar-refractivity contribution in [2.45, 2.75) is 23.8 Å². The summed E-state index contributed by atoms with van der Waals surface area (Å²) in [6, 6.07) is 11.4. The van der Waals surface area contributed by atoms with Gasteiger partial charge in [0.1, 0.15) is 17.8 Å². The third kappa shape index (κ3) is 3.98. The van der Waals surface area contributed by atoms with E-state index in [4.69, 9.17) is 4.74 Å². The van der Waals surface area contributed by atoms with Gasteiger partial charge in [-0.3, -0.25) is 0 Å². The number of hydrogen-bond donors (Lipinski definition) is 0. The Hall–Kier alpha value is -3.60. The number of benzene rings is 1. The molecule has 0 saturated carbocycles. The fourth-order valence-corrected chi connectivity index (χ4v) is 4.33. The van der Waals surface area contributed by atoms with E-state index in [1.54, 1.807) is 47.4 Å². The third-order valence-corrected chi connectivity index (χ3v) is 6.49. The van der Waals surface area contributed by atoms with E-state index in [9.17, 15) is 8.42 Å². The monoisotopic (exact) mass is 450 g/mol. The molecule has 0 unspecified atom stereocenters. The Morgan fingerprint density at radius 2 is 1.91 bits per heavy atom. The van der Waals surface area contributed by atoms with Gasteiger partial charge in [0.15, 0.2) is 21.3 Å². The molecule has 0 atom stereocenters. The Balaban J connectivity index is 1.34. The first kappa shape index (κ1) is 20.3. The highest BCUT2D eigenvalue weighted by Crippen LogP contribution is 2.27. The van der Waals surface area contributed by atoms with Crippen LogP contribution >= 0.6 is 0 Å². The number of sulfone groups is 1. The van der Waals surface area contributed by atoms with Gasteiger partial charge in [0.2, 0.25) is 5.88 Å². The molecule has 1 radical (unpaired) electrons. The van der Waals surface area contributed by atoms with Crippen molar-refractivity contribution in [1.82, 2.24) is 29.9 Å². The van der Waals surface area contributed by atoms with Gasteiger partial charge in [0.05, 0.1) is 23.0 Å². The average Bonchev–Trinajstić information content (AvgIpc) is 3.25. The average molecular weight is 451 g/mol. The number of piperidine rings is 1. The van der Waals surface area contributed by atoms with Crippen LogP contribution in [0.25, 0.3) is 16.7 Å². The lowest BCUT2D eigenvalue weighted by molar-refractivity contribution is 0.166. The number of aromatic nitrogens is 6. The Bertz CT molecular complexity index is 1330. The predicted octanol–water partition coefficient (Wildman–Crippen LogP) is 1.86. The van der Waals surface area contributed by atoms with Gasteiger partial charge in [0.25, 0.3) is 0 Å². The Kier molecular flexibility index (Phi) is 5.17. The van der Waals surface area contributed by atoms with E-state index in [-0.39, 0.29) is 11.0 Å². The summed E-state index contributed by atoms with van der Waals surface area (Å²) >= 11 is 0. The lowest BCUT2D eigenvalue weighted by atomic mass is 10.1. The van der Waals surface area contributed by atoms with Crippen molar-refractivity contribution in [1.29, 1.82) is 0 Å². The second kappa shape index (κ2) is 8.15. The maximum atomic E-state index is 11.7. The zero-order valence-electron chi connectivity index (χ0n) is 17.3. The molecule has 0 aliphatic carbocycles. The fourth-order valence-electron chi connectivity index (χ4n) is 3.70. The van der Waals surface area contributed by atoms with Gasteiger partial charge < -0.3 is 9.64 Å². The number of nitrogens with zero attached hydrogens (tertiary/aromatic N) is 7. The molecule has 4 heterocycles. The van der Waals surface area contributed by atoms with Gasteiger partial charge in [0, 0.05) is 38.3 Å². The van der Waals surface area contributed by atoms with Crippen molar-refractivity contribution in [2.24, 2.45) is 0 Å². The van der Waals surface area contributed by atoms with Crippen LogP contribution in [-0.2, 0) is 9.84 Å². The zero-order chi connectivity index (χ0) is 22.1. The zero-order valence-corrected chi connectivity index (χ0v) is 18.1. The minimum atomic E-state index is -3.26. The van der Waals surface area contributed by atoms with E-state index in [1.807, 2.05) is 0 Å². The number of fused-ring (bicyclic) bond motifs is 1. The maximum Gasteiger partial charge on any atom is 0.228 e. The molecule has 1 aliphatic heterocycles. The van der Waals surface area contributed by atoms with Gasteiger partial charge in [-0.15, -0.1) is 5.10 Å². The molecule has 5 rings (SSSR count). The Morgan fingerprint density at radius 1 is 1.12 bits per heavy atom. The molecule has 32 heavy (non-hydrogen) atoms. The molecule has 1 fully saturated rings. The highest BCUT2D eigenvalue weighted by molar-refractivity contribution is 7.90. The van der Waals surface area contributed by atoms with Crippen molar-refractivity contribution in [3.05, 3.63) is 55.1 Å². The second-order valence-corrected chi connectivity index (χ2v) is 9.56. The normalized spacial score (nSPS) is 15.2.